The molecule has 1 heterocycles. The summed E-state index contributed by atoms with van der Waals surface area (Å²) in [6.45, 7) is -0.404. The van der Waals surface area contributed by atoms with Crippen LogP contribution in [0.15, 0.2) is 47.4 Å². The maximum atomic E-state index is 13.7. The highest BCUT2D eigenvalue weighted by atomic mass is 32.2. The lowest BCUT2D eigenvalue weighted by molar-refractivity contribution is -0.139. The van der Waals surface area contributed by atoms with Gasteiger partial charge in [-0.1, -0.05) is 18.2 Å². The fourth-order valence-electron chi connectivity index (χ4n) is 3.27. The SMILES string of the molecule is O=C(Nc1c(F)cccc1F)C1CCN(S(=O)(=O)c2ccccc2C(F)(F)F)CC1. The molecule has 0 atom stereocenters. The first-order valence-electron chi connectivity index (χ1n) is 8.93. The molecule has 1 aliphatic heterocycles. The standard InChI is InChI=1S/C19H17F5N2O3S/c20-14-5-3-6-15(21)17(14)25-18(27)12-8-10-26(11-9-12)30(28,29)16-7-2-1-4-13(16)19(22,23)24/h1-7,12H,8-11H2,(H,25,27). The Balaban J connectivity index is 1.72. The van der Waals surface area contributed by atoms with Crippen LogP contribution >= 0.6 is 0 Å². The summed E-state index contributed by atoms with van der Waals surface area (Å²) in [4.78, 5) is 11.5. The predicted molar refractivity (Wildman–Crippen MR) is 97.9 cm³/mol. The Labute approximate surface area is 169 Å². The van der Waals surface area contributed by atoms with Crippen molar-refractivity contribution in [1.29, 1.82) is 0 Å². The summed E-state index contributed by atoms with van der Waals surface area (Å²) in [5, 5.41) is 2.16. The van der Waals surface area contributed by atoms with Gasteiger partial charge in [-0.3, -0.25) is 4.79 Å². The van der Waals surface area contributed by atoms with Crippen LogP contribution in [-0.4, -0.2) is 31.7 Å². The zero-order chi connectivity index (χ0) is 22.1. The van der Waals surface area contributed by atoms with Gasteiger partial charge in [0.2, 0.25) is 15.9 Å². The lowest BCUT2D eigenvalue weighted by Gasteiger charge is -2.31. The third-order valence-electron chi connectivity index (χ3n) is 4.85. The number of halogens is 5. The number of nitrogens with one attached hydrogen (secondary N) is 1. The second-order valence-corrected chi connectivity index (χ2v) is 8.66. The fourth-order valence-corrected chi connectivity index (χ4v) is 4.95. The molecular formula is C19H17F5N2O3S. The average Bonchev–Trinajstić information content (AvgIpc) is 2.70. The number of carbonyl (C=O) groups excluding carboxylic acids is 1. The minimum absolute atomic E-state index is 0.00464. The lowest BCUT2D eigenvalue weighted by atomic mass is 9.97. The number of hydrogen-bond donors (Lipinski definition) is 1. The van der Waals surface area contributed by atoms with Crippen molar-refractivity contribution in [3.05, 3.63) is 59.7 Å². The van der Waals surface area contributed by atoms with Gasteiger partial charge in [0.15, 0.2) is 0 Å². The molecule has 5 nitrogen and oxygen atoms in total. The van der Waals surface area contributed by atoms with Gasteiger partial charge in [0.1, 0.15) is 17.3 Å². The third-order valence-corrected chi connectivity index (χ3v) is 6.80. The second kappa shape index (κ2) is 8.31. The number of anilines is 1. The third kappa shape index (κ3) is 4.46. The molecule has 0 spiro atoms. The fraction of sp³-hybridized carbons (Fsp3) is 0.316. The number of rotatable bonds is 4. The van der Waals surface area contributed by atoms with Crippen LogP contribution < -0.4 is 5.32 Å². The summed E-state index contributed by atoms with van der Waals surface area (Å²) in [6.07, 6.45) is -4.85. The topological polar surface area (TPSA) is 66.5 Å². The van der Waals surface area contributed by atoms with Crippen LogP contribution in [0.1, 0.15) is 18.4 Å². The number of nitrogens with zero attached hydrogens (tertiary/aromatic N) is 1. The Kier molecular flexibility index (Phi) is 6.14. The largest absolute Gasteiger partial charge is 0.417 e. The molecule has 0 radical (unpaired) electrons. The molecule has 1 fully saturated rings. The maximum absolute atomic E-state index is 13.7. The van der Waals surface area contributed by atoms with Gasteiger partial charge in [-0.15, -0.1) is 0 Å². The number of amides is 1. The van der Waals surface area contributed by atoms with Crippen molar-refractivity contribution in [2.24, 2.45) is 5.92 Å². The molecule has 0 saturated carbocycles. The molecule has 0 aliphatic carbocycles. The molecular weight excluding hydrogens is 431 g/mol. The van der Waals surface area contributed by atoms with Crippen LogP contribution in [-0.2, 0) is 21.0 Å². The summed E-state index contributed by atoms with van der Waals surface area (Å²) in [7, 11) is -4.44. The smallest absolute Gasteiger partial charge is 0.321 e. The molecule has 30 heavy (non-hydrogen) atoms. The summed E-state index contributed by atoms with van der Waals surface area (Å²) in [6, 6.07) is 6.97. The number of sulfonamides is 1. The number of alkyl halides is 3. The van der Waals surface area contributed by atoms with E-state index in [0.29, 0.717) is 6.07 Å². The lowest BCUT2D eigenvalue weighted by Crippen LogP contribution is -2.42. The zero-order valence-electron chi connectivity index (χ0n) is 15.4. The van der Waals surface area contributed by atoms with Crippen LogP contribution in [0.25, 0.3) is 0 Å². The Hall–Kier alpha value is -2.53. The van der Waals surface area contributed by atoms with Gasteiger partial charge >= 0.3 is 6.18 Å². The summed E-state index contributed by atoms with van der Waals surface area (Å²) < 4.78 is 93.3. The molecule has 11 heteroatoms. The zero-order valence-corrected chi connectivity index (χ0v) is 16.2. The Morgan fingerprint density at radius 3 is 2.10 bits per heavy atom. The molecule has 162 valence electrons. The van der Waals surface area contributed by atoms with E-state index in [2.05, 4.69) is 5.32 Å². The van der Waals surface area contributed by atoms with Gasteiger partial charge in [-0.2, -0.15) is 17.5 Å². The van der Waals surface area contributed by atoms with E-state index in [9.17, 15) is 35.2 Å². The molecule has 0 unspecified atom stereocenters. The Bertz CT molecular complexity index is 1030. The summed E-state index contributed by atoms with van der Waals surface area (Å²) in [5.41, 5.74) is -1.86. The van der Waals surface area contributed by atoms with E-state index in [4.69, 9.17) is 0 Å². The van der Waals surface area contributed by atoms with E-state index in [0.717, 1.165) is 34.6 Å². The predicted octanol–water partition coefficient (Wildman–Crippen LogP) is 4.02. The quantitative estimate of drug-likeness (QED) is 0.719. The van der Waals surface area contributed by atoms with Gasteiger partial charge in [0.25, 0.3) is 0 Å². The van der Waals surface area contributed by atoms with Crippen LogP contribution in [0.5, 0.6) is 0 Å². The van der Waals surface area contributed by atoms with Crippen molar-refractivity contribution >= 4 is 21.6 Å². The summed E-state index contributed by atoms with van der Waals surface area (Å²) >= 11 is 0. The minimum Gasteiger partial charge on any atom is -0.321 e. The van der Waals surface area contributed by atoms with Crippen molar-refractivity contribution < 1.29 is 35.2 Å². The molecule has 0 aromatic heterocycles. The van der Waals surface area contributed by atoms with Crippen LogP contribution in [0, 0.1) is 17.6 Å². The van der Waals surface area contributed by atoms with E-state index in [1.807, 2.05) is 0 Å². The van der Waals surface area contributed by atoms with E-state index < -0.39 is 55.8 Å². The molecule has 3 rings (SSSR count). The number of hydrogen-bond acceptors (Lipinski definition) is 3. The van der Waals surface area contributed by atoms with Gasteiger partial charge in [-0.25, -0.2) is 17.2 Å². The molecule has 1 saturated heterocycles. The second-order valence-electron chi connectivity index (χ2n) is 6.76. The molecule has 1 aliphatic rings. The van der Waals surface area contributed by atoms with Crippen molar-refractivity contribution in [2.75, 3.05) is 18.4 Å². The van der Waals surface area contributed by atoms with Crippen LogP contribution in [0.3, 0.4) is 0 Å². The van der Waals surface area contributed by atoms with Gasteiger partial charge in [-0.05, 0) is 37.1 Å². The molecule has 2 aromatic carbocycles. The highest BCUT2D eigenvalue weighted by Crippen LogP contribution is 2.36. The number of carbonyl (C=O) groups is 1. The van der Waals surface area contributed by atoms with E-state index >= 15 is 0 Å². The normalized spacial score (nSPS) is 16.4. The Morgan fingerprint density at radius 2 is 1.53 bits per heavy atom. The van der Waals surface area contributed by atoms with E-state index in [1.54, 1.807) is 0 Å². The maximum Gasteiger partial charge on any atom is 0.417 e. The number of piperidine rings is 1. The number of para-hydroxylation sites is 1. The minimum atomic E-state index is -4.84. The molecule has 0 bridgehead atoms. The first-order chi connectivity index (χ1) is 14.0. The van der Waals surface area contributed by atoms with E-state index in [1.165, 1.54) is 6.07 Å². The first kappa shape index (κ1) is 22.2. The monoisotopic (exact) mass is 448 g/mol. The van der Waals surface area contributed by atoms with Gasteiger partial charge in [0.05, 0.1) is 10.5 Å². The molecule has 2 aromatic rings. The van der Waals surface area contributed by atoms with Crippen molar-refractivity contribution in [1.82, 2.24) is 4.31 Å². The highest BCUT2D eigenvalue weighted by Gasteiger charge is 2.40. The van der Waals surface area contributed by atoms with E-state index in [-0.39, 0.29) is 25.9 Å². The number of benzene rings is 2. The first-order valence-corrected chi connectivity index (χ1v) is 10.4. The van der Waals surface area contributed by atoms with Gasteiger partial charge < -0.3 is 5.32 Å². The average molecular weight is 448 g/mol. The van der Waals surface area contributed by atoms with Crippen molar-refractivity contribution in [2.45, 2.75) is 23.9 Å². The highest BCUT2D eigenvalue weighted by molar-refractivity contribution is 7.89. The van der Waals surface area contributed by atoms with Crippen molar-refractivity contribution in [3.8, 4) is 0 Å². The van der Waals surface area contributed by atoms with Crippen LogP contribution in [0.2, 0.25) is 0 Å². The van der Waals surface area contributed by atoms with Crippen LogP contribution in [0.4, 0.5) is 27.6 Å². The molecule has 1 amide bonds. The molecule has 1 N–H and O–H groups in total. The summed E-state index contributed by atoms with van der Waals surface area (Å²) in [5.74, 6) is -3.33. The van der Waals surface area contributed by atoms with Gasteiger partial charge in [0, 0.05) is 19.0 Å². The van der Waals surface area contributed by atoms with Crippen molar-refractivity contribution in [3.63, 3.8) is 0 Å². The Morgan fingerprint density at radius 1 is 0.967 bits per heavy atom.